The Labute approximate surface area is 348 Å². The van der Waals surface area contributed by atoms with Crippen LogP contribution in [0.2, 0.25) is 10.1 Å². The van der Waals surface area contributed by atoms with Crippen molar-refractivity contribution in [3.05, 3.63) is 131 Å². The van der Waals surface area contributed by atoms with Gasteiger partial charge in [0.1, 0.15) is 5.75 Å². The minimum absolute atomic E-state index is 0.0596. The highest BCUT2D eigenvalue weighted by Crippen LogP contribution is 2.48. The molecule has 3 N–H and O–H groups in total. The zero-order valence-electron chi connectivity index (χ0n) is 33.7. The number of amides is 2. The second-order valence-electron chi connectivity index (χ2n) is 17.1. The van der Waals surface area contributed by atoms with Gasteiger partial charge in [-0.2, -0.15) is 0 Å². The average molecular weight is 820 g/mol. The average Bonchev–Trinajstić information content (AvgIpc) is 3.48. The second-order valence-corrected chi connectivity index (χ2v) is 21.8. The third kappa shape index (κ3) is 8.25. The molecule has 4 atom stereocenters. The van der Waals surface area contributed by atoms with Crippen LogP contribution in [0.5, 0.6) is 5.75 Å². The number of aromatic hydroxyl groups is 1. The molecular formula is C48H55ClN2O6Si. The van der Waals surface area contributed by atoms with E-state index >= 15 is 0 Å². The van der Waals surface area contributed by atoms with Crippen molar-refractivity contribution in [3.8, 4) is 5.75 Å². The van der Waals surface area contributed by atoms with Crippen LogP contribution in [0.15, 0.2) is 114 Å². The molecule has 0 spiro atoms. The van der Waals surface area contributed by atoms with Gasteiger partial charge in [-0.25, -0.2) is 0 Å². The molecule has 3 aromatic carbocycles. The summed E-state index contributed by atoms with van der Waals surface area (Å²) >= 11 is 6.56. The summed E-state index contributed by atoms with van der Waals surface area (Å²) in [6, 6.07) is 31.0. The monoisotopic (exact) mass is 818 g/mol. The molecule has 7 rings (SSSR count). The summed E-state index contributed by atoms with van der Waals surface area (Å²) in [5, 5.41) is 36.0. The number of aromatic nitrogens is 1. The number of rotatable bonds is 13. The quantitative estimate of drug-likeness (QED) is 0.0712. The maximum Gasteiger partial charge on any atom is 0.261 e. The molecule has 8 nitrogen and oxygen atoms in total. The Morgan fingerprint density at radius 2 is 1.59 bits per heavy atom. The van der Waals surface area contributed by atoms with Gasteiger partial charge in [-0.3, -0.25) is 19.5 Å². The molecule has 1 saturated heterocycles. The lowest BCUT2D eigenvalue weighted by Gasteiger charge is -2.44. The standard InChI is InChI=1S/C48H55ClN2O6Si/c1-48(2,3)58(37-17-9-5-10-18-37,38-19-11-6-12-20-38)57-31-34-28-39-45(47(56)51(46(39)55)35-15-7-4-8-16-35)40(30-52)44(34)43(54)25-23-33(42-21-13-14-26-50-42)27-32-22-24-36(53)29-41(32)49/h5-6,9-14,17-22,24,26-27,29,35,39-40,43,45,52-54H,4,7-8,15-16,23,25,28,30-31H2,1-3H3/b33-27-/t39-,40+,43-,45-/m1/s1. The molecule has 1 aliphatic heterocycles. The Balaban J connectivity index is 1.30. The predicted molar refractivity (Wildman–Crippen MR) is 232 cm³/mol. The van der Waals surface area contributed by atoms with E-state index in [0.29, 0.717) is 28.3 Å². The van der Waals surface area contributed by atoms with Crippen molar-refractivity contribution in [1.29, 1.82) is 0 Å². The number of pyridine rings is 1. The lowest BCUT2D eigenvalue weighted by Crippen LogP contribution is -2.66. The van der Waals surface area contributed by atoms with Crippen molar-refractivity contribution in [2.24, 2.45) is 17.8 Å². The van der Waals surface area contributed by atoms with E-state index in [-0.39, 0.29) is 54.7 Å². The third-order valence-electron chi connectivity index (χ3n) is 12.6. The van der Waals surface area contributed by atoms with Crippen LogP contribution in [0, 0.1) is 17.8 Å². The lowest BCUT2D eigenvalue weighted by molar-refractivity contribution is -0.143. The fraction of sp³-hybridized carbons (Fsp3) is 0.396. The number of halogens is 1. The van der Waals surface area contributed by atoms with Gasteiger partial charge in [0.2, 0.25) is 11.8 Å². The summed E-state index contributed by atoms with van der Waals surface area (Å²) in [6.07, 6.45) is 8.09. The number of likely N-dealkylation sites (tertiary alicyclic amines) is 1. The van der Waals surface area contributed by atoms with Crippen LogP contribution in [0.1, 0.15) is 83.4 Å². The Hall–Kier alpha value is -4.38. The molecule has 0 unspecified atom stereocenters. The van der Waals surface area contributed by atoms with E-state index in [1.807, 2.05) is 60.7 Å². The smallest absolute Gasteiger partial charge is 0.261 e. The zero-order valence-corrected chi connectivity index (χ0v) is 35.4. The van der Waals surface area contributed by atoms with Gasteiger partial charge in [-0.15, -0.1) is 0 Å². The third-order valence-corrected chi connectivity index (χ3v) is 17.9. The second kappa shape index (κ2) is 17.9. The summed E-state index contributed by atoms with van der Waals surface area (Å²) in [5.41, 5.74) is 3.60. The van der Waals surface area contributed by atoms with Crippen LogP contribution in [0.4, 0.5) is 0 Å². The number of aliphatic hydroxyl groups is 2. The molecule has 2 fully saturated rings. The number of hydrogen-bond acceptors (Lipinski definition) is 7. The fourth-order valence-corrected chi connectivity index (χ4v) is 14.6. The van der Waals surface area contributed by atoms with E-state index in [0.717, 1.165) is 53.6 Å². The number of nitrogens with zero attached hydrogens (tertiary/aromatic N) is 2. The number of carbonyl (C=O) groups is 2. The Morgan fingerprint density at radius 1 is 0.931 bits per heavy atom. The molecule has 1 aromatic heterocycles. The molecule has 1 saturated carbocycles. The normalized spacial score (nSPS) is 21.4. The number of phenols is 1. The zero-order chi connectivity index (χ0) is 41.0. The van der Waals surface area contributed by atoms with Crippen molar-refractivity contribution in [2.75, 3.05) is 13.2 Å². The first-order valence-corrected chi connectivity index (χ1v) is 23.0. The summed E-state index contributed by atoms with van der Waals surface area (Å²) in [4.78, 5) is 35.0. The summed E-state index contributed by atoms with van der Waals surface area (Å²) in [6.45, 7) is 6.38. The molecule has 3 aliphatic rings. The van der Waals surface area contributed by atoms with Gasteiger partial charge in [0, 0.05) is 18.2 Å². The van der Waals surface area contributed by atoms with Gasteiger partial charge in [0.05, 0.1) is 41.9 Å². The fourth-order valence-electron chi connectivity index (χ4n) is 9.87. The highest BCUT2D eigenvalue weighted by atomic mass is 35.5. The largest absolute Gasteiger partial charge is 0.508 e. The highest BCUT2D eigenvalue weighted by molar-refractivity contribution is 6.99. The molecule has 2 amide bonds. The molecule has 0 bridgehead atoms. The minimum Gasteiger partial charge on any atom is -0.508 e. The van der Waals surface area contributed by atoms with Crippen molar-refractivity contribution < 1.29 is 29.3 Å². The Bertz CT molecular complexity index is 2090. The van der Waals surface area contributed by atoms with Gasteiger partial charge in [0.25, 0.3) is 8.32 Å². The maximum absolute atomic E-state index is 14.4. The van der Waals surface area contributed by atoms with Crippen LogP contribution in [-0.4, -0.2) is 70.7 Å². The van der Waals surface area contributed by atoms with Gasteiger partial charge in [-0.05, 0) is 106 Å². The number of benzene rings is 3. The first-order valence-electron chi connectivity index (χ1n) is 20.7. The van der Waals surface area contributed by atoms with E-state index in [4.69, 9.17) is 16.0 Å². The first kappa shape index (κ1) is 41.8. The summed E-state index contributed by atoms with van der Waals surface area (Å²) in [5.74, 6) is -2.49. The van der Waals surface area contributed by atoms with Crippen molar-refractivity contribution in [1.82, 2.24) is 9.88 Å². The lowest BCUT2D eigenvalue weighted by atomic mass is 9.68. The SMILES string of the molecule is CC(C)(C)[Si](OCC1=C([C@H](O)CC/C(=C/c2ccc(O)cc2Cl)c2ccccn2)[C@H](CO)[C@@H]2C(=O)N(C3CCCCC3)C(=O)[C@@H]2C1)(c1ccccc1)c1ccccc1. The van der Waals surface area contributed by atoms with E-state index < -0.39 is 32.2 Å². The van der Waals surface area contributed by atoms with Crippen LogP contribution >= 0.6 is 11.6 Å². The highest BCUT2D eigenvalue weighted by Gasteiger charge is 2.57. The van der Waals surface area contributed by atoms with Crippen molar-refractivity contribution in [3.63, 3.8) is 0 Å². The van der Waals surface area contributed by atoms with Gasteiger partial charge in [-0.1, -0.05) is 118 Å². The molecule has 304 valence electrons. The van der Waals surface area contributed by atoms with Crippen LogP contribution in [-0.2, 0) is 14.0 Å². The number of allylic oxidation sites excluding steroid dienone is 1. The first-order chi connectivity index (χ1) is 27.9. The van der Waals surface area contributed by atoms with Gasteiger partial charge >= 0.3 is 0 Å². The van der Waals surface area contributed by atoms with Crippen LogP contribution in [0.25, 0.3) is 11.6 Å². The number of phenolic OH excluding ortho intramolecular Hbond substituents is 1. The minimum atomic E-state index is -3.06. The number of imide groups is 1. The van der Waals surface area contributed by atoms with Crippen molar-refractivity contribution >= 4 is 53.8 Å². The molecule has 4 aromatic rings. The topological polar surface area (TPSA) is 120 Å². The molecule has 58 heavy (non-hydrogen) atoms. The molecule has 0 radical (unpaired) electrons. The van der Waals surface area contributed by atoms with E-state index in [1.54, 1.807) is 18.3 Å². The Kier molecular flexibility index (Phi) is 12.9. The predicted octanol–water partition coefficient (Wildman–Crippen LogP) is 7.94. The molecule has 2 aliphatic carbocycles. The van der Waals surface area contributed by atoms with E-state index in [2.05, 4.69) is 50.0 Å². The van der Waals surface area contributed by atoms with Crippen LogP contribution in [0.3, 0.4) is 0 Å². The number of fused-ring (bicyclic) bond motifs is 1. The van der Waals surface area contributed by atoms with Crippen LogP contribution < -0.4 is 10.4 Å². The van der Waals surface area contributed by atoms with Gasteiger partial charge in [0.15, 0.2) is 0 Å². The van der Waals surface area contributed by atoms with Gasteiger partial charge < -0.3 is 19.7 Å². The van der Waals surface area contributed by atoms with Crippen molar-refractivity contribution in [2.45, 2.75) is 89.3 Å². The maximum atomic E-state index is 14.4. The molecule has 2 heterocycles. The Morgan fingerprint density at radius 3 is 2.17 bits per heavy atom. The summed E-state index contributed by atoms with van der Waals surface area (Å²) < 4.78 is 7.45. The molecular weight excluding hydrogens is 764 g/mol. The number of hydrogen-bond donors (Lipinski definition) is 3. The van der Waals surface area contributed by atoms with E-state index in [1.165, 1.54) is 11.0 Å². The number of carbonyl (C=O) groups excluding carboxylic acids is 2. The molecule has 10 heteroatoms. The number of aliphatic hydroxyl groups excluding tert-OH is 2. The summed E-state index contributed by atoms with van der Waals surface area (Å²) in [7, 11) is -3.06. The van der Waals surface area contributed by atoms with E-state index in [9.17, 15) is 24.9 Å².